The Hall–Kier alpha value is -2.57. The number of carboxylic acid groups (broad SMARTS) is 1. The molecule has 1 fully saturated rings. The average Bonchev–Trinajstić information content (AvgIpc) is 3.08. The molecule has 4 nitrogen and oxygen atoms in total. The Labute approximate surface area is 154 Å². The van der Waals surface area contributed by atoms with E-state index in [1.54, 1.807) is 0 Å². The van der Waals surface area contributed by atoms with Crippen molar-refractivity contribution in [3.63, 3.8) is 0 Å². The summed E-state index contributed by atoms with van der Waals surface area (Å²) in [5.74, 6) is -5.52. The van der Waals surface area contributed by atoms with Crippen LogP contribution in [0.25, 0.3) is 10.8 Å². The van der Waals surface area contributed by atoms with Gasteiger partial charge in [0.25, 0.3) is 0 Å². The first-order valence-electron chi connectivity index (χ1n) is 8.80. The number of hydrogen-bond donors (Lipinski definition) is 1. The lowest BCUT2D eigenvalue weighted by Gasteiger charge is -2.18. The normalized spacial score (nSPS) is 20.2. The topological polar surface area (TPSA) is 57.6 Å². The Morgan fingerprint density at radius 3 is 2.41 bits per heavy atom. The predicted molar refractivity (Wildman–Crippen MR) is 94.1 cm³/mol. The second-order valence-corrected chi connectivity index (χ2v) is 6.93. The van der Waals surface area contributed by atoms with Crippen LogP contribution in [0.3, 0.4) is 0 Å². The summed E-state index contributed by atoms with van der Waals surface area (Å²) in [7, 11) is 0. The summed E-state index contributed by atoms with van der Waals surface area (Å²) in [6.07, 6.45) is -3.38. The minimum atomic E-state index is -4.62. The van der Waals surface area contributed by atoms with Crippen LogP contribution in [-0.4, -0.2) is 41.1 Å². The summed E-state index contributed by atoms with van der Waals surface area (Å²) in [5.41, 5.74) is 1.06. The Kier molecular flexibility index (Phi) is 5.39. The van der Waals surface area contributed by atoms with Gasteiger partial charge >= 0.3 is 12.1 Å². The molecule has 27 heavy (non-hydrogen) atoms. The molecule has 144 valence electrons. The van der Waals surface area contributed by atoms with Gasteiger partial charge in [-0.1, -0.05) is 42.5 Å². The fourth-order valence-electron chi connectivity index (χ4n) is 3.59. The van der Waals surface area contributed by atoms with Crippen molar-refractivity contribution in [2.75, 3.05) is 13.1 Å². The largest absolute Gasteiger partial charge is 0.481 e. The van der Waals surface area contributed by atoms with Gasteiger partial charge in [0.15, 0.2) is 0 Å². The molecule has 0 bridgehead atoms. The van der Waals surface area contributed by atoms with Gasteiger partial charge in [-0.2, -0.15) is 13.2 Å². The predicted octanol–water partition coefficient (Wildman–Crippen LogP) is 3.88. The maximum atomic E-state index is 13.0. The summed E-state index contributed by atoms with van der Waals surface area (Å²) >= 11 is 0. The van der Waals surface area contributed by atoms with Crippen molar-refractivity contribution in [2.45, 2.75) is 25.4 Å². The third kappa shape index (κ3) is 4.40. The second kappa shape index (κ2) is 7.58. The van der Waals surface area contributed by atoms with E-state index in [2.05, 4.69) is 0 Å². The number of rotatable bonds is 5. The molecule has 0 aliphatic carbocycles. The number of alkyl halides is 3. The summed E-state index contributed by atoms with van der Waals surface area (Å²) < 4.78 is 39.0. The van der Waals surface area contributed by atoms with Crippen molar-refractivity contribution in [3.05, 3.63) is 48.0 Å². The van der Waals surface area contributed by atoms with Gasteiger partial charge in [0, 0.05) is 19.5 Å². The number of aryl methyl sites for hydroxylation is 1. The minimum Gasteiger partial charge on any atom is -0.481 e. The molecule has 0 radical (unpaired) electrons. The number of hydrogen-bond acceptors (Lipinski definition) is 2. The number of amides is 1. The van der Waals surface area contributed by atoms with Crippen molar-refractivity contribution in [3.8, 4) is 0 Å². The molecule has 0 saturated carbocycles. The van der Waals surface area contributed by atoms with Crippen molar-refractivity contribution in [1.29, 1.82) is 0 Å². The molecule has 0 aromatic heterocycles. The molecule has 1 aliphatic heterocycles. The number of carbonyl (C=O) groups is 2. The van der Waals surface area contributed by atoms with Gasteiger partial charge in [0.1, 0.15) is 0 Å². The van der Waals surface area contributed by atoms with Gasteiger partial charge < -0.3 is 10.0 Å². The zero-order valence-electron chi connectivity index (χ0n) is 14.6. The first-order chi connectivity index (χ1) is 12.8. The maximum Gasteiger partial charge on any atom is 0.394 e. The van der Waals surface area contributed by atoms with Gasteiger partial charge in [0.05, 0.1) is 11.8 Å². The van der Waals surface area contributed by atoms with E-state index in [0.717, 1.165) is 21.2 Å². The minimum absolute atomic E-state index is 0.101. The van der Waals surface area contributed by atoms with Crippen molar-refractivity contribution >= 4 is 22.6 Å². The molecule has 2 atom stereocenters. The first-order valence-corrected chi connectivity index (χ1v) is 8.80. The summed E-state index contributed by atoms with van der Waals surface area (Å²) in [6, 6.07) is 13.9. The van der Waals surface area contributed by atoms with Crippen molar-refractivity contribution in [2.24, 2.45) is 11.8 Å². The lowest BCUT2D eigenvalue weighted by Crippen LogP contribution is -2.34. The summed E-state index contributed by atoms with van der Waals surface area (Å²) in [5, 5.41) is 11.2. The van der Waals surface area contributed by atoms with Crippen LogP contribution in [0.5, 0.6) is 0 Å². The van der Waals surface area contributed by atoms with Crippen LogP contribution < -0.4 is 0 Å². The van der Waals surface area contributed by atoms with Gasteiger partial charge in [-0.25, -0.2) is 0 Å². The Balaban J connectivity index is 1.56. The van der Waals surface area contributed by atoms with Gasteiger partial charge in [-0.15, -0.1) is 0 Å². The maximum absolute atomic E-state index is 13.0. The molecule has 1 amide bonds. The lowest BCUT2D eigenvalue weighted by molar-refractivity contribution is -0.188. The van der Waals surface area contributed by atoms with Crippen LogP contribution in [0.4, 0.5) is 13.2 Å². The van der Waals surface area contributed by atoms with E-state index in [1.165, 1.54) is 0 Å². The SMILES string of the molecule is O=C(O)[C@@H]1CN(C(=O)CCCc2ccc3ccccc3c2)C[C@H]1C(F)(F)F. The first kappa shape index (κ1) is 19.2. The highest BCUT2D eigenvalue weighted by molar-refractivity contribution is 5.83. The van der Waals surface area contributed by atoms with Gasteiger partial charge in [0.2, 0.25) is 5.91 Å². The van der Waals surface area contributed by atoms with Crippen molar-refractivity contribution in [1.82, 2.24) is 4.90 Å². The van der Waals surface area contributed by atoms with E-state index in [-0.39, 0.29) is 13.0 Å². The smallest absolute Gasteiger partial charge is 0.394 e. The van der Waals surface area contributed by atoms with Crippen LogP contribution in [-0.2, 0) is 16.0 Å². The van der Waals surface area contributed by atoms with E-state index in [0.29, 0.717) is 12.8 Å². The molecule has 0 spiro atoms. The molecular weight excluding hydrogens is 359 g/mol. The van der Waals surface area contributed by atoms with Gasteiger partial charge in [-0.3, -0.25) is 9.59 Å². The molecule has 1 saturated heterocycles. The van der Waals surface area contributed by atoms with Crippen LogP contribution in [0.15, 0.2) is 42.5 Å². The highest BCUT2D eigenvalue weighted by Crippen LogP contribution is 2.38. The van der Waals surface area contributed by atoms with Crippen molar-refractivity contribution < 1.29 is 27.9 Å². The number of carboxylic acids is 1. The fourth-order valence-corrected chi connectivity index (χ4v) is 3.59. The molecule has 3 rings (SSSR count). The fraction of sp³-hybridized carbons (Fsp3) is 0.400. The number of carbonyl (C=O) groups excluding carboxylic acids is 1. The van der Waals surface area contributed by atoms with E-state index >= 15 is 0 Å². The number of halogens is 3. The third-order valence-corrected chi connectivity index (χ3v) is 5.08. The highest BCUT2D eigenvalue weighted by Gasteiger charge is 2.53. The Morgan fingerprint density at radius 2 is 1.78 bits per heavy atom. The number of benzene rings is 2. The zero-order valence-corrected chi connectivity index (χ0v) is 14.6. The Morgan fingerprint density at radius 1 is 1.07 bits per heavy atom. The molecule has 1 N–H and O–H groups in total. The van der Waals surface area contributed by atoms with Crippen LogP contribution in [0.2, 0.25) is 0 Å². The quantitative estimate of drug-likeness (QED) is 0.858. The van der Waals surface area contributed by atoms with Gasteiger partial charge in [-0.05, 0) is 29.2 Å². The molecule has 2 aromatic rings. The van der Waals surface area contributed by atoms with E-state index in [4.69, 9.17) is 5.11 Å². The molecular formula is C20H20F3NO3. The monoisotopic (exact) mass is 379 g/mol. The van der Waals surface area contributed by atoms with E-state index in [1.807, 2.05) is 42.5 Å². The summed E-state index contributed by atoms with van der Waals surface area (Å²) in [4.78, 5) is 24.4. The number of nitrogens with zero attached hydrogens (tertiary/aromatic N) is 1. The number of aliphatic carboxylic acids is 1. The van der Waals surface area contributed by atoms with Crippen LogP contribution >= 0.6 is 0 Å². The second-order valence-electron chi connectivity index (χ2n) is 6.93. The molecule has 1 heterocycles. The number of fused-ring (bicyclic) bond motifs is 1. The van der Waals surface area contributed by atoms with E-state index < -0.39 is 36.4 Å². The highest BCUT2D eigenvalue weighted by atomic mass is 19.4. The average molecular weight is 379 g/mol. The van der Waals surface area contributed by atoms with E-state index in [9.17, 15) is 22.8 Å². The summed E-state index contributed by atoms with van der Waals surface area (Å²) in [6.45, 7) is -0.955. The molecule has 0 unspecified atom stereocenters. The molecule has 2 aromatic carbocycles. The molecule has 1 aliphatic rings. The molecule has 7 heteroatoms. The Bertz CT molecular complexity index is 850. The lowest BCUT2D eigenvalue weighted by atomic mass is 9.96. The zero-order chi connectivity index (χ0) is 19.6. The number of likely N-dealkylation sites (tertiary alicyclic amines) is 1. The standard InChI is InChI=1S/C20H20F3NO3/c21-20(22,23)17-12-24(11-16(17)19(26)27)18(25)7-3-4-13-8-9-14-5-1-2-6-15(14)10-13/h1-2,5-6,8-10,16-17H,3-4,7,11-12H2,(H,26,27)/t16-,17-/m1/s1. The van der Waals surface area contributed by atoms with Crippen LogP contribution in [0.1, 0.15) is 18.4 Å². The van der Waals surface area contributed by atoms with Crippen LogP contribution in [0, 0.1) is 11.8 Å². The third-order valence-electron chi connectivity index (χ3n) is 5.08.